The molecule has 23 heavy (non-hydrogen) atoms. The normalized spacial score (nSPS) is 12.2. The number of thiophene rings is 1. The molecule has 0 spiro atoms. The monoisotopic (exact) mass is 337 g/mol. The van der Waals surface area contributed by atoms with Crippen LogP contribution < -0.4 is 5.56 Å². The Bertz CT molecular complexity index is 822. The molecule has 0 aliphatic heterocycles. The van der Waals surface area contributed by atoms with Crippen LogP contribution in [0.2, 0.25) is 0 Å². The number of carbonyl (C=O) groups is 2. The number of nitrogens with zero attached hydrogens (tertiary/aromatic N) is 3. The standard InChI is InChI=1S/C15H19N3O4S/c1-8-10(3)23-13-12(8)15(21)18(7-16-13)6-11(19)22-9(2)14(20)17(4)5/h7,9H,6H2,1-5H3/t9-/m0/s1. The van der Waals surface area contributed by atoms with Crippen LogP contribution in [0.5, 0.6) is 0 Å². The first-order valence-electron chi connectivity index (χ1n) is 7.08. The molecule has 0 saturated carbocycles. The molecule has 0 aromatic carbocycles. The van der Waals surface area contributed by atoms with E-state index in [1.54, 1.807) is 14.1 Å². The molecule has 2 aromatic rings. The Morgan fingerprint density at radius 1 is 1.39 bits per heavy atom. The van der Waals surface area contributed by atoms with Gasteiger partial charge in [0.15, 0.2) is 6.10 Å². The van der Waals surface area contributed by atoms with Crippen LogP contribution in [0.15, 0.2) is 11.1 Å². The van der Waals surface area contributed by atoms with Gasteiger partial charge in [0.25, 0.3) is 11.5 Å². The Morgan fingerprint density at radius 3 is 2.65 bits per heavy atom. The third-order valence-electron chi connectivity index (χ3n) is 3.55. The van der Waals surface area contributed by atoms with Crippen LogP contribution in [0.4, 0.5) is 0 Å². The van der Waals surface area contributed by atoms with Crippen LogP contribution in [-0.2, 0) is 20.9 Å². The van der Waals surface area contributed by atoms with Gasteiger partial charge in [0, 0.05) is 19.0 Å². The number of carbonyl (C=O) groups excluding carboxylic acids is 2. The number of rotatable bonds is 4. The van der Waals surface area contributed by atoms with E-state index in [0.29, 0.717) is 10.2 Å². The molecule has 8 heteroatoms. The third-order valence-corrected chi connectivity index (χ3v) is 4.67. The first-order valence-corrected chi connectivity index (χ1v) is 7.89. The van der Waals surface area contributed by atoms with E-state index in [-0.39, 0.29) is 18.0 Å². The number of esters is 1. The summed E-state index contributed by atoms with van der Waals surface area (Å²) in [6.45, 7) is 5.00. The zero-order valence-electron chi connectivity index (χ0n) is 13.7. The van der Waals surface area contributed by atoms with Gasteiger partial charge in [-0.15, -0.1) is 11.3 Å². The van der Waals surface area contributed by atoms with Crippen molar-refractivity contribution in [2.75, 3.05) is 14.1 Å². The van der Waals surface area contributed by atoms with Gasteiger partial charge in [0.05, 0.1) is 11.7 Å². The summed E-state index contributed by atoms with van der Waals surface area (Å²) in [7, 11) is 3.16. The van der Waals surface area contributed by atoms with E-state index in [4.69, 9.17) is 4.74 Å². The van der Waals surface area contributed by atoms with Crippen LogP contribution in [0.25, 0.3) is 10.2 Å². The number of hydrogen-bond donors (Lipinski definition) is 0. The summed E-state index contributed by atoms with van der Waals surface area (Å²) in [4.78, 5) is 43.4. The summed E-state index contributed by atoms with van der Waals surface area (Å²) in [5.41, 5.74) is 0.599. The molecular weight excluding hydrogens is 318 g/mol. The smallest absolute Gasteiger partial charge is 0.326 e. The summed E-state index contributed by atoms with van der Waals surface area (Å²) >= 11 is 1.45. The molecule has 0 bridgehead atoms. The van der Waals surface area contributed by atoms with Gasteiger partial charge in [-0.25, -0.2) is 4.98 Å². The second kappa shape index (κ2) is 6.49. The molecule has 0 saturated heterocycles. The van der Waals surface area contributed by atoms with Crippen molar-refractivity contribution in [3.63, 3.8) is 0 Å². The second-order valence-corrected chi connectivity index (χ2v) is 6.71. The highest BCUT2D eigenvalue weighted by Gasteiger charge is 2.20. The van der Waals surface area contributed by atoms with Crippen molar-refractivity contribution < 1.29 is 14.3 Å². The quantitative estimate of drug-likeness (QED) is 0.780. The fourth-order valence-electron chi connectivity index (χ4n) is 2.17. The van der Waals surface area contributed by atoms with E-state index in [0.717, 1.165) is 10.4 Å². The largest absolute Gasteiger partial charge is 0.451 e. The Balaban J connectivity index is 2.20. The van der Waals surface area contributed by atoms with Crippen LogP contribution in [-0.4, -0.2) is 46.5 Å². The lowest BCUT2D eigenvalue weighted by Gasteiger charge is -2.17. The van der Waals surface area contributed by atoms with Crippen molar-refractivity contribution in [1.29, 1.82) is 0 Å². The van der Waals surface area contributed by atoms with Gasteiger partial charge < -0.3 is 9.64 Å². The number of ether oxygens (including phenoxy) is 1. The molecular formula is C15H19N3O4S. The van der Waals surface area contributed by atoms with E-state index in [1.165, 1.54) is 34.1 Å². The van der Waals surface area contributed by atoms with Crippen LogP contribution in [0.3, 0.4) is 0 Å². The van der Waals surface area contributed by atoms with Crippen molar-refractivity contribution in [2.45, 2.75) is 33.4 Å². The van der Waals surface area contributed by atoms with E-state index < -0.39 is 12.1 Å². The molecule has 0 unspecified atom stereocenters. The highest BCUT2D eigenvalue weighted by atomic mass is 32.1. The summed E-state index contributed by atoms with van der Waals surface area (Å²) in [5, 5.41) is 0.528. The average molecular weight is 337 g/mol. The topological polar surface area (TPSA) is 81.5 Å². The van der Waals surface area contributed by atoms with Gasteiger partial charge >= 0.3 is 5.97 Å². The summed E-state index contributed by atoms with van der Waals surface area (Å²) in [6, 6.07) is 0. The van der Waals surface area contributed by atoms with Crippen molar-refractivity contribution in [1.82, 2.24) is 14.5 Å². The molecule has 124 valence electrons. The zero-order valence-corrected chi connectivity index (χ0v) is 14.6. The Hall–Kier alpha value is -2.22. The minimum Gasteiger partial charge on any atom is -0.451 e. The molecule has 0 fully saturated rings. The summed E-state index contributed by atoms with van der Waals surface area (Å²) in [5.74, 6) is -0.968. The molecule has 2 rings (SSSR count). The number of aromatic nitrogens is 2. The Labute approximate surface area is 137 Å². The van der Waals surface area contributed by atoms with E-state index in [2.05, 4.69) is 4.98 Å². The minimum absolute atomic E-state index is 0.277. The van der Waals surface area contributed by atoms with Crippen molar-refractivity contribution >= 4 is 33.4 Å². The first-order chi connectivity index (χ1) is 10.7. The van der Waals surface area contributed by atoms with Gasteiger partial charge in [-0.3, -0.25) is 19.0 Å². The van der Waals surface area contributed by atoms with E-state index in [1.807, 2.05) is 13.8 Å². The minimum atomic E-state index is -0.893. The molecule has 1 atom stereocenters. The molecule has 0 aliphatic carbocycles. The fourth-order valence-corrected chi connectivity index (χ4v) is 3.16. The number of likely N-dealkylation sites (N-methyl/N-ethyl adjacent to an activating group) is 1. The average Bonchev–Trinajstić information content (AvgIpc) is 2.76. The molecule has 7 nitrogen and oxygen atoms in total. The number of amides is 1. The van der Waals surface area contributed by atoms with E-state index >= 15 is 0 Å². The van der Waals surface area contributed by atoms with Gasteiger partial charge in [0.2, 0.25) is 0 Å². The molecule has 0 radical (unpaired) electrons. The van der Waals surface area contributed by atoms with Crippen LogP contribution >= 0.6 is 11.3 Å². The number of fused-ring (bicyclic) bond motifs is 1. The molecule has 2 aromatic heterocycles. The van der Waals surface area contributed by atoms with Gasteiger partial charge in [-0.2, -0.15) is 0 Å². The van der Waals surface area contributed by atoms with Gasteiger partial charge in [-0.05, 0) is 26.3 Å². The van der Waals surface area contributed by atoms with Gasteiger partial charge in [-0.1, -0.05) is 0 Å². The summed E-state index contributed by atoms with van der Waals surface area (Å²) < 4.78 is 6.27. The number of aryl methyl sites for hydroxylation is 2. The van der Waals surface area contributed by atoms with Crippen LogP contribution in [0.1, 0.15) is 17.4 Å². The highest BCUT2D eigenvalue weighted by molar-refractivity contribution is 7.18. The van der Waals surface area contributed by atoms with Crippen LogP contribution in [0, 0.1) is 13.8 Å². The first kappa shape index (κ1) is 17.1. The predicted octanol–water partition coefficient (Wildman–Crippen LogP) is 1.09. The van der Waals surface area contributed by atoms with Crippen molar-refractivity contribution in [3.05, 3.63) is 27.1 Å². The lowest BCUT2D eigenvalue weighted by atomic mass is 10.2. The predicted molar refractivity (Wildman–Crippen MR) is 87.6 cm³/mol. The molecule has 2 heterocycles. The summed E-state index contributed by atoms with van der Waals surface area (Å²) in [6.07, 6.45) is 0.440. The van der Waals surface area contributed by atoms with Gasteiger partial charge in [0.1, 0.15) is 11.4 Å². The maximum atomic E-state index is 12.5. The molecule has 0 N–H and O–H groups in total. The highest BCUT2D eigenvalue weighted by Crippen LogP contribution is 2.25. The molecule has 0 aliphatic rings. The molecule has 1 amide bonds. The SMILES string of the molecule is Cc1sc2ncn(CC(=O)O[C@@H](C)C(=O)N(C)C)c(=O)c2c1C. The lowest BCUT2D eigenvalue weighted by Crippen LogP contribution is -2.36. The van der Waals surface area contributed by atoms with E-state index in [9.17, 15) is 14.4 Å². The number of hydrogen-bond acceptors (Lipinski definition) is 6. The maximum absolute atomic E-state index is 12.5. The second-order valence-electron chi connectivity index (χ2n) is 5.51. The maximum Gasteiger partial charge on any atom is 0.326 e. The zero-order chi connectivity index (χ0) is 17.3. The third kappa shape index (κ3) is 3.42. The van der Waals surface area contributed by atoms with Crippen molar-refractivity contribution in [2.24, 2.45) is 0 Å². The van der Waals surface area contributed by atoms with Crippen molar-refractivity contribution in [3.8, 4) is 0 Å². The lowest BCUT2D eigenvalue weighted by molar-refractivity contribution is -0.158. The Morgan fingerprint density at radius 2 is 2.04 bits per heavy atom. The Kier molecular flexibility index (Phi) is 4.84. The fraction of sp³-hybridized carbons (Fsp3) is 0.467.